The van der Waals surface area contributed by atoms with Gasteiger partial charge in [-0.25, -0.2) is 4.79 Å². The van der Waals surface area contributed by atoms with Crippen LogP contribution in [-0.4, -0.2) is 39.8 Å². The van der Waals surface area contributed by atoms with Gasteiger partial charge in [-0.05, 0) is 56.4 Å². The summed E-state index contributed by atoms with van der Waals surface area (Å²) in [6.45, 7) is 2.76. The smallest absolute Gasteiger partial charge is 0.348 e. The molecule has 2 N–H and O–H groups in total. The van der Waals surface area contributed by atoms with Gasteiger partial charge in [-0.1, -0.05) is 11.8 Å². The van der Waals surface area contributed by atoms with Gasteiger partial charge in [0.1, 0.15) is 5.03 Å². The van der Waals surface area contributed by atoms with Gasteiger partial charge in [0.25, 0.3) is 0 Å². The predicted octanol–water partition coefficient (Wildman–Crippen LogP) is 2.60. The molecule has 0 saturated carbocycles. The van der Waals surface area contributed by atoms with E-state index in [2.05, 4.69) is 15.6 Å². The maximum Gasteiger partial charge on any atom is 0.348 e. The molecular weight excluding hydrogens is 416 g/mol. The number of rotatable bonds is 7. The molecule has 1 aromatic heterocycles. The number of benzene rings is 1. The first-order valence-electron chi connectivity index (χ1n) is 10.5. The van der Waals surface area contributed by atoms with Gasteiger partial charge in [0.2, 0.25) is 11.8 Å². The molecule has 8 nitrogen and oxygen atoms in total. The maximum atomic E-state index is 12.7. The number of nitrogens with one attached hydrogen (secondary N) is 2. The molecule has 1 atom stereocenters. The molecule has 9 heteroatoms. The lowest BCUT2D eigenvalue weighted by Crippen LogP contribution is -2.31. The summed E-state index contributed by atoms with van der Waals surface area (Å²) in [4.78, 5) is 40.5. The fourth-order valence-electron chi connectivity index (χ4n) is 4.06. The van der Waals surface area contributed by atoms with Gasteiger partial charge in [0.05, 0.1) is 18.4 Å². The molecule has 1 saturated heterocycles. The van der Waals surface area contributed by atoms with Crippen LogP contribution in [0.15, 0.2) is 34.1 Å². The third kappa shape index (κ3) is 5.34. The molecule has 2 aliphatic rings. The summed E-state index contributed by atoms with van der Waals surface area (Å²) < 4.78 is 7.47. The van der Waals surface area contributed by atoms with Crippen molar-refractivity contribution in [2.24, 2.45) is 0 Å². The normalized spacial score (nSPS) is 17.4. The number of carbonyl (C=O) groups excluding carboxylic acids is 2. The second-order valence-electron chi connectivity index (χ2n) is 7.82. The van der Waals surface area contributed by atoms with Crippen LogP contribution in [0.1, 0.15) is 37.4 Å². The third-order valence-corrected chi connectivity index (χ3v) is 6.46. The number of carbonyl (C=O) groups is 2. The summed E-state index contributed by atoms with van der Waals surface area (Å²) in [5.41, 5.74) is 3.20. The van der Waals surface area contributed by atoms with Crippen LogP contribution < -0.4 is 16.3 Å². The molecule has 1 unspecified atom stereocenters. The fraction of sp³-hybridized carbons (Fsp3) is 0.455. The van der Waals surface area contributed by atoms with Crippen LogP contribution in [0.4, 0.5) is 11.4 Å². The van der Waals surface area contributed by atoms with E-state index < -0.39 is 0 Å². The van der Waals surface area contributed by atoms with Gasteiger partial charge in [-0.15, -0.1) is 0 Å². The lowest BCUT2D eigenvalue weighted by molar-refractivity contribution is -0.114. The van der Waals surface area contributed by atoms with Crippen molar-refractivity contribution >= 4 is 35.0 Å². The minimum Gasteiger partial charge on any atom is -0.376 e. The van der Waals surface area contributed by atoms with E-state index in [-0.39, 0.29) is 29.4 Å². The highest BCUT2D eigenvalue weighted by Crippen LogP contribution is 2.30. The van der Waals surface area contributed by atoms with Gasteiger partial charge < -0.3 is 15.4 Å². The number of hydrogen-bond donors (Lipinski definition) is 2. The Balaban J connectivity index is 1.39. The second kappa shape index (κ2) is 9.65. The Kier molecular flexibility index (Phi) is 6.72. The Hall–Kier alpha value is -2.65. The van der Waals surface area contributed by atoms with Crippen molar-refractivity contribution in [1.29, 1.82) is 0 Å². The van der Waals surface area contributed by atoms with E-state index in [9.17, 15) is 14.4 Å². The molecule has 4 rings (SSSR count). The lowest BCUT2D eigenvalue weighted by atomic mass is 10.2. The minimum atomic E-state index is -0.257. The number of aromatic nitrogens is 2. The highest BCUT2D eigenvalue weighted by atomic mass is 32.2. The zero-order valence-electron chi connectivity index (χ0n) is 17.5. The number of fused-ring (bicyclic) bond motifs is 1. The molecule has 164 valence electrons. The van der Waals surface area contributed by atoms with Crippen LogP contribution in [-0.2, 0) is 33.7 Å². The Labute approximate surface area is 184 Å². The zero-order valence-corrected chi connectivity index (χ0v) is 18.3. The quantitative estimate of drug-likeness (QED) is 0.505. The number of anilines is 2. The molecule has 0 bridgehead atoms. The van der Waals surface area contributed by atoms with E-state index in [4.69, 9.17) is 4.74 Å². The predicted molar refractivity (Wildman–Crippen MR) is 120 cm³/mol. The average Bonchev–Trinajstić information content (AvgIpc) is 3.42. The SMILES string of the molecule is CC(=O)Nc1ccc(NC(=O)CSc2nc(=O)n(CC3CCCO3)c3c2CCC3)cc1. The van der Waals surface area contributed by atoms with Crippen LogP contribution in [0.5, 0.6) is 0 Å². The first kappa shape index (κ1) is 21.6. The Morgan fingerprint density at radius 1 is 1.16 bits per heavy atom. The molecule has 1 aliphatic heterocycles. The highest BCUT2D eigenvalue weighted by molar-refractivity contribution is 8.00. The third-order valence-electron chi connectivity index (χ3n) is 5.44. The van der Waals surface area contributed by atoms with E-state index in [1.165, 1.54) is 18.7 Å². The number of ether oxygens (including phenoxy) is 1. The van der Waals surface area contributed by atoms with Crippen molar-refractivity contribution in [1.82, 2.24) is 9.55 Å². The molecule has 2 heterocycles. The van der Waals surface area contributed by atoms with Crippen molar-refractivity contribution < 1.29 is 14.3 Å². The summed E-state index contributed by atoms with van der Waals surface area (Å²) in [6, 6.07) is 6.92. The fourth-order valence-corrected chi connectivity index (χ4v) is 4.93. The summed E-state index contributed by atoms with van der Waals surface area (Å²) in [7, 11) is 0. The zero-order chi connectivity index (χ0) is 21.8. The second-order valence-corrected chi connectivity index (χ2v) is 8.78. The number of thioether (sulfide) groups is 1. The van der Waals surface area contributed by atoms with Crippen LogP contribution in [0.25, 0.3) is 0 Å². The molecule has 31 heavy (non-hydrogen) atoms. The molecule has 0 spiro atoms. The first-order valence-corrected chi connectivity index (χ1v) is 11.5. The van der Waals surface area contributed by atoms with Crippen molar-refractivity contribution in [3.05, 3.63) is 46.0 Å². The van der Waals surface area contributed by atoms with E-state index in [1.807, 2.05) is 0 Å². The van der Waals surface area contributed by atoms with Gasteiger partial charge in [-0.3, -0.25) is 14.2 Å². The number of hydrogen-bond acceptors (Lipinski definition) is 6. The molecule has 1 fully saturated rings. The van der Waals surface area contributed by atoms with E-state index in [0.717, 1.165) is 50.0 Å². The number of amides is 2. The Morgan fingerprint density at radius 3 is 2.58 bits per heavy atom. The lowest BCUT2D eigenvalue weighted by Gasteiger charge is -2.17. The van der Waals surface area contributed by atoms with Crippen molar-refractivity contribution in [2.75, 3.05) is 23.0 Å². The number of nitrogens with zero attached hydrogens (tertiary/aromatic N) is 2. The minimum absolute atomic E-state index is 0.0884. The Morgan fingerprint density at radius 2 is 1.90 bits per heavy atom. The molecule has 1 aliphatic carbocycles. The highest BCUT2D eigenvalue weighted by Gasteiger charge is 2.25. The topological polar surface area (TPSA) is 102 Å². The molecule has 2 aromatic rings. The van der Waals surface area contributed by atoms with Gasteiger partial charge in [-0.2, -0.15) is 4.98 Å². The average molecular weight is 443 g/mol. The van der Waals surface area contributed by atoms with E-state index in [1.54, 1.807) is 28.8 Å². The van der Waals surface area contributed by atoms with Crippen molar-refractivity contribution in [3.63, 3.8) is 0 Å². The largest absolute Gasteiger partial charge is 0.376 e. The summed E-state index contributed by atoms with van der Waals surface area (Å²) in [5, 5.41) is 6.18. The summed E-state index contributed by atoms with van der Waals surface area (Å²) in [6.07, 6.45) is 4.83. The van der Waals surface area contributed by atoms with Crippen molar-refractivity contribution in [2.45, 2.75) is 56.7 Å². The maximum absolute atomic E-state index is 12.7. The van der Waals surface area contributed by atoms with Crippen LogP contribution >= 0.6 is 11.8 Å². The van der Waals surface area contributed by atoms with Gasteiger partial charge in [0, 0.05) is 36.2 Å². The molecular formula is C22H26N4O4S. The molecule has 2 amide bonds. The van der Waals surface area contributed by atoms with Crippen LogP contribution in [0.2, 0.25) is 0 Å². The first-order chi connectivity index (χ1) is 15.0. The monoisotopic (exact) mass is 442 g/mol. The van der Waals surface area contributed by atoms with Gasteiger partial charge in [0.15, 0.2) is 0 Å². The Bertz CT molecular complexity index is 1030. The van der Waals surface area contributed by atoms with Crippen molar-refractivity contribution in [3.8, 4) is 0 Å². The summed E-state index contributed by atoms with van der Waals surface area (Å²) >= 11 is 1.31. The van der Waals surface area contributed by atoms with Crippen LogP contribution in [0.3, 0.4) is 0 Å². The molecule has 1 aromatic carbocycles. The van der Waals surface area contributed by atoms with Crippen LogP contribution in [0, 0.1) is 0 Å². The standard InChI is InChI=1S/C22H26N4O4S/c1-14(27)23-15-7-9-16(10-8-15)24-20(28)13-31-21-18-5-2-6-19(18)26(22(29)25-21)12-17-4-3-11-30-17/h7-10,17H,2-6,11-13H2,1H3,(H,23,27)(H,24,28). The van der Waals surface area contributed by atoms with E-state index >= 15 is 0 Å². The van der Waals surface area contributed by atoms with Gasteiger partial charge >= 0.3 is 5.69 Å². The summed E-state index contributed by atoms with van der Waals surface area (Å²) in [5.74, 6) is -0.150. The van der Waals surface area contributed by atoms with E-state index in [0.29, 0.717) is 22.9 Å². The molecule has 0 radical (unpaired) electrons.